The first-order valence-electron chi connectivity index (χ1n) is 13.9. The maximum absolute atomic E-state index is 13.3. The number of carbonyl (C=O) groups excluding carboxylic acids is 4. The van der Waals surface area contributed by atoms with E-state index in [1.54, 1.807) is 22.8 Å². The first kappa shape index (κ1) is 32.4. The number of benzene rings is 3. The van der Waals surface area contributed by atoms with Gasteiger partial charge in [0.15, 0.2) is 5.82 Å². The molecule has 1 saturated carbocycles. The van der Waals surface area contributed by atoms with Crippen LogP contribution in [-0.4, -0.2) is 108 Å². The van der Waals surface area contributed by atoms with Crippen LogP contribution in [0, 0.1) is 11.8 Å². The van der Waals surface area contributed by atoms with Crippen LogP contribution in [0.2, 0.25) is 0 Å². The van der Waals surface area contributed by atoms with Gasteiger partial charge >= 0.3 is 63.1 Å². The Morgan fingerprint density at radius 3 is 2.33 bits per heavy atom. The predicted molar refractivity (Wildman–Crippen MR) is 163 cm³/mol. The van der Waals surface area contributed by atoms with E-state index in [0.29, 0.717) is 41.6 Å². The minimum absolute atomic E-state index is 0. The SMILES string of the molecule is CCOc1nc2cccc(C(=O)OCC3C(=O)C(=O)C(=O)C3C)c2n1Cc1ccc(-c2ccccc2-c2noc(=O)[nH]2)cc1.[KH]. The summed E-state index contributed by atoms with van der Waals surface area (Å²) in [4.78, 5) is 67.9. The Bertz CT molecular complexity index is 1990. The van der Waals surface area contributed by atoms with Gasteiger partial charge in [0.25, 0.3) is 11.8 Å². The molecular weight excluding hydrogens is 607 g/mol. The number of para-hydroxylation sites is 1. The second kappa shape index (κ2) is 13.5. The summed E-state index contributed by atoms with van der Waals surface area (Å²) in [6, 6.07) is 20.5. The third kappa shape index (κ3) is 6.26. The second-order valence-electron chi connectivity index (χ2n) is 10.3. The number of aromatic nitrogens is 4. The number of carbonyl (C=O) groups is 4. The number of nitrogens with zero attached hydrogens (tertiary/aromatic N) is 3. The zero-order chi connectivity index (χ0) is 31.0. The fourth-order valence-corrected chi connectivity index (χ4v) is 5.34. The number of ketones is 3. The number of rotatable bonds is 9. The van der Waals surface area contributed by atoms with Gasteiger partial charge in [-0.1, -0.05) is 66.7 Å². The van der Waals surface area contributed by atoms with Crippen LogP contribution < -0.4 is 10.5 Å². The van der Waals surface area contributed by atoms with Crippen molar-refractivity contribution in [2.75, 3.05) is 13.2 Å². The number of esters is 1. The zero-order valence-corrected chi connectivity index (χ0v) is 23.7. The number of aromatic amines is 1. The summed E-state index contributed by atoms with van der Waals surface area (Å²) in [5.74, 6) is -5.54. The summed E-state index contributed by atoms with van der Waals surface area (Å²) in [5.41, 5.74) is 4.49. The van der Waals surface area contributed by atoms with Gasteiger partial charge in [0.1, 0.15) is 6.61 Å². The molecule has 6 rings (SSSR count). The topological polar surface area (TPSA) is 163 Å². The standard InChI is InChI=1S/C32H26N4O8.K.H/c1-3-42-31-33-24-10-6-9-22(30(40)43-16-23-17(2)26(37)28(39)27(23)38)25(24)36(31)15-18-11-13-19(14-12-18)20-7-4-5-8-21(20)29-34-32(41)44-35-29;;/h4-14,17,23H,3,15-16H2,1-2H3,(H,34,35,41);;. The van der Waals surface area contributed by atoms with E-state index in [0.717, 1.165) is 16.7 Å². The molecule has 2 unspecified atom stereocenters. The number of H-pyrrole nitrogens is 1. The zero-order valence-electron chi connectivity index (χ0n) is 23.7. The predicted octanol–water partition coefficient (Wildman–Crippen LogP) is 2.98. The van der Waals surface area contributed by atoms with E-state index >= 15 is 0 Å². The Hall–Kier alpha value is -4.01. The van der Waals surface area contributed by atoms with Crippen LogP contribution in [-0.2, 0) is 25.7 Å². The van der Waals surface area contributed by atoms with Crippen molar-refractivity contribution in [1.29, 1.82) is 0 Å². The molecule has 1 N–H and O–H groups in total. The summed E-state index contributed by atoms with van der Waals surface area (Å²) in [6.07, 6.45) is 0. The molecule has 5 aromatic rings. The van der Waals surface area contributed by atoms with Crippen LogP contribution in [0.3, 0.4) is 0 Å². The molecule has 12 nitrogen and oxygen atoms in total. The maximum atomic E-state index is 13.3. The number of hydrogen-bond acceptors (Lipinski definition) is 10. The van der Waals surface area contributed by atoms with Gasteiger partial charge < -0.3 is 9.47 Å². The molecule has 2 atom stereocenters. The number of hydrogen-bond donors (Lipinski definition) is 1. The van der Waals surface area contributed by atoms with E-state index in [2.05, 4.69) is 19.6 Å². The van der Waals surface area contributed by atoms with Gasteiger partial charge in [-0.05, 0) is 35.7 Å². The van der Waals surface area contributed by atoms with E-state index in [1.165, 1.54) is 6.92 Å². The van der Waals surface area contributed by atoms with Gasteiger partial charge in [0.05, 0.1) is 35.7 Å². The Morgan fingerprint density at radius 2 is 1.69 bits per heavy atom. The number of ether oxygens (including phenoxy) is 2. The Kier molecular flexibility index (Phi) is 9.75. The van der Waals surface area contributed by atoms with Crippen LogP contribution >= 0.6 is 0 Å². The Balaban J connectivity index is 0.00000400. The molecule has 2 heterocycles. The molecule has 0 bridgehead atoms. The van der Waals surface area contributed by atoms with Crippen molar-refractivity contribution in [3.05, 3.63) is 88.4 Å². The summed E-state index contributed by atoms with van der Waals surface area (Å²) in [6.45, 7) is 3.56. The molecule has 1 aliphatic carbocycles. The second-order valence-corrected chi connectivity index (χ2v) is 10.3. The molecular formula is C32H27KN4O8. The minimum atomic E-state index is -1.05. The van der Waals surface area contributed by atoms with E-state index in [-0.39, 0.29) is 63.6 Å². The molecule has 13 heteroatoms. The third-order valence-electron chi connectivity index (χ3n) is 7.65. The number of nitrogens with one attached hydrogen (secondary N) is 1. The number of imidazole rings is 1. The van der Waals surface area contributed by atoms with Gasteiger partial charge in [0, 0.05) is 11.5 Å². The number of Topliss-reactive ketones (excluding diaryl/α,β-unsaturated/α-hetero) is 3. The van der Waals surface area contributed by atoms with E-state index < -0.39 is 40.9 Å². The quantitative estimate of drug-likeness (QED) is 0.145. The summed E-state index contributed by atoms with van der Waals surface area (Å²) < 4.78 is 17.7. The van der Waals surface area contributed by atoms with E-state index in [4.69, 9.17) is 9.47 Å². The fourth-order valence-electron chi connectivity index (χ4n) is 5.34. The van der Waals surface area contributed by atoms with Gasteiger partial charge in [-0.25, -0.2) is 9.59 Å². The normalized spacial score (nSPS) is 16.2. The molecule has 0 radical (unpaired) electrons. The van der Waals surface area contributed by atoms with Gasteiger partial charge in [0.2, 0.25) is 11.6 Å². The molecule has 45 heavy (non-hydrogen) atoms. The van der Waals surface area contributed by atoms with Crippen molar-refractivity contribution in [3.63, 3.8) is 0 Å². The molecule has 1 fully saturated rings. The molecule has 224 valence electrons. The van der Waals surface area contributed by atoms with Crippen molar-refractivity contribution in [1.82, 2.24) is 19.7 Å². The Morgan fingerprint density at radius 1 is 0.956 bits per heavy atom. The average Bonchev–Trinajstić information content (AvgIpc) is 3.68. The molecule has 0 amide bonds. The monoisotopic (exact) mass is 634 g/mol. The summed E-state index contributed by atoms with van der Waals surface area (Å²) in [7, 11) is 0. The average molecular weight is 635 g/mol. The van der Waals surface area contributed by atoms with E-state index in [9.17, 15) is 24.0 Å². The van der Waals surface area contributed by atoms with Crippen LogP contribution in [0.4, 0.5) is 0 Å². The Labute approximate surface area is 298 Å². The first-order valence-corrected chi connectivity index (χ1v) is 13.9. The van der Waals surface area contributed by atoms with Crippen LogP contribution in [0.5, 0.6) is 6.01 Å². The van der Waals surface area contributed by atoms with Gasteiger partial charge in [-0.2, -0.15) is 4.98 Å². The third-order valence-corrected chi connectivity index (χ3v) is 7.65. The van der Waals surface area contributed by atoms with Gasteiger partial charge in [-0.3, -0.25) is 28.5 Å². The van der Waals surface area contributed by atoms with Crippen molar-refractivity contribution in [2.45, 2.75) is 20.4 Å². The van der Waals surface area contributed by atoms with Crippen molar-refractivity contribution >= 4 is 85.7 Å². The van der Waals surface area contributed by atoms with Crippen LogP contribution in [0.1, 0.15) is 29.8 Å². The summed E-state index contributed by atoms with van der Waals surface area (Å²) in [5, 5.41) is 3.82. The molecule has 1 aliphatic rings. The number of fused-ring (bicyclic) bond motifs is 1. The fraction of sp³-hybridized carbons (Fsp3) is 0.219. The molecule has 0 aliphatic heterocycles. The van der Waals surface area contributed by atoms with Crippen LogP contribution in [0.25, 0.3) is 33.5 Å². The van der Waals surface area contributed by atoms with Crippen LogP contribution in [0.15, 0.2) is 76.0 Å². The van der Waals surface area contributed by atoms with Crippen molar-refractivity contribution < 1.29 is 33.2 Å². The molecule has 2 aromatic heterocycles. The van der Waals surface area contributed by atoms with Crippen molar-refractivity contribution in [3.8, 4) is 28.5 Å². The van der Waals surface area contributed by atoms with E-state index in [1.807, 2.05) is 55.5 Å². The summed E-state index contributed by atoms with van der Waals surface area (Å²) >= 11 is 0. The van der Waals surface area contributed by atoms with Crippen molar-refractivity contribution in [2.24, 2.45) is 11.8 Å². The first-order chi connectivity index (χ1) is 21.3. The van der Waals surface area contributed by atoms with Gasteiger partial charge in [-0.15, -0.1) is 0 Å². The molecule has 0 spiro atoms. The molecule has 3 aromatic carbocycles. The molecule has 0 saturated heterocycles.